The van der Waals surface area contributed by atoms with Crippen LogP contribution in [-0.4, -0.2) is 36.5 Å². The highest BCUT2D eigenvalue weighted by atomic mass is 35.5. The van der Waals surface area contributed by atoms with E-state index >= 15 is 0 Å². The number of carbonyl (C=O) groups excluding carboxylic acids is 1. The second-order valence-corrected chi connectivity index (χ2v) is 8.77. The minimum atomic E-state index is -0.526. The summed E-state index contributed by atoms with van der Waals surface area (Å²) in [6.07, 6.45) is 3.28. The van der Waals surface area contributed by atoms with E-state index in [9.17, 15) is 14.9 Å². The Morgan fingerprint density at radius 2 is 2.06 bits per heavy atom. The van der Waals surface area contributed by atoms with E-state index in [4.69, 9.17) is 17.0 Å². The van der Waals surface area contributed by atoms with Gasteiger partial charge in [0.1, 0.15) is 10.1 Å². The summed E-state index contributed by atoms with van der Waals surface area (Å²) in [7, 11) is 0. The second kappa shape index (κ2) is 8.36. The number of hydrogen-bond donors (Lipinski definition) is 1. The van der Waals surface area contributed by atoms with E-state index in [0.29, 0.717) is 16.4 Å². The zero-order chi connectivity index (χ0) is 23.2. The molecule has 0 unspecified atom stereocenters. The summed E-state index contributed by atoms with van der Waals surface area (Å²) in [6.45, 7) is 5.74. The molecular formula is C21H19ClN6O3S. The minimum absolute atomic E-state index is 0.0227. The third kappa shape index (κ3) is 3.76. The summed E-state index contributed by atoms with van der Waals surface area (Å²) < 4.78 is 1.84. The summed E-state index contributed by atoms with van der Waals surface area (Å²) in [5.74, 6) is -0.515. The maximum Gasteiger partial charge on any atom is 0.289 e. The van der Waals surface area contributed by atoms with Crippen LogP contribution in [0.3, 0.4) is 0 Å². The van der Waals surface area contributed by atoms with Gasteiger partial charge < -0.3 is 4.57 Å². The maximum absolute atomic E-state index is 12.7. The number of amides is 1. The van der Waals surface area contributed by atoms with Gasteiger partial charge in [0.2, 0.25) is 5.17 Å². The first-order valence-corrected chi connectivity index (χ1v) is 11.0. The molecule has 9 nitrogen and oxygen atoms in total. The van der Waals surface area contributed by atoms with Crippen molar-refractivity contribution in [1.82, 2.24) is 9.58 Å². The molecule has 0 fully saturated rings. The lowest BCUT2D eigenvalue weighted by atomic mass is 10.1. The number of benzene rings is 1. The molecule has 0 atom stereocenters. The molecular weight excluding hydrogens is 452 g/mol. The lowest BCUT2D eigenvalue weighted by molar-refractivity contribution is -0.384. The van der Waals surface area contributed by atoms with Crippen LogP contribution in [0.4, 0.5) is 5.69 Å². The Kier molecular flexibility index (Phi) is 5.74. The highest BCUT2D eigenvalue weighted by molar-refractivity contribution is 8.26. The first kappa shape index (κ1) is 22.0. The third-order valence-corrected chi connectivity index (χ3v) is 6.40. The second-order valence-electron chi connectivity index (χ2n) is 7.32. The molecule has 3 heterocycles. The molecule has 1 aromatic carbocycles. The Morgan fingerprint density at radius 3 is 2.75 bits per heavy atom. The number of nitrogens with one attached hydrogen (secondary N) is 1. The van der Waals surface area contributed by atoms with Crippen molar-refractivity contribution in [3.8, 4) is 5.69 Å². The number of aromatic nitrogens is 1. The predicted molar refractivity (Wildman–Crippen MR) is 127 cm³/mol. The molecule has 4 rings (SSSR count). The Balaban J connectivity index is 1.74. The molecule has 0 saturated heterocycles. The van der Waals surface area contributed by atoms with Gasteiger partial charge in [0.05, 0.1) is 16.2 Å². The summed E-state index contributed by atoms with van der Waals surface area (Å²) in [5, 5.41) is 26.9. The molecule has 2 aromatic rings. The van der Waals surface area contributed by atoms with Crippen molar-refractivity contribution in [1.29, 1.82) is 5.41 Å². The average Bonchev–Trinajstić information content (AvgIpc) is 3.26. The molecule has 32 heavy (non-hydrogen) atoms. The number of nitro benzene ring substituents is 1. The number of amidine groups is 2. The Bertz CT molecular complexity index is 1280. The molecule has 1 amide bonds. The van der Waals surface area contributed by atoms with Crippen molar-refractivity contribution in [3.05, 3.63) is 61.9 Å². The van der Waals surface area contributed by atoms with E-state index in [0.717, 1.165) is 29.3 Å². The van der Waals surface area contributed by atoms with Gasteiger partial charge in [-0.15, -0.1) is 0 Å². The molecule has 1 aromatic heterocycles. The van der Waals surface area contributed by atoms with Gasteiger partial charge in [-0.25, -0.2) is 0 Å². The van der Waals surface area contributed by atoms with Crippen LogP contribution < -0.4 is 0 Å². The zero-order valence-corrected chi connectivity index (χ0v) is 19.1. The normalized spacial score (nSPS) is 17.0. The fourth-order valence-electron chi connectivity index (χ4n) is 3.61. The number of nitrogens with zero attached hydrogens (tertiary/aromatic N) is 5. The van der Waals surface area contributed by atoms with Gasteiger partial charge in [0.25, 0.3) is 11.6 Å². The molecule has 0 aliphatic carbocycles. The smallest absolute Gasteiger partial charge is 0.289 e. The van der Waals surface area contributed by atoms with E-state index in [2.05, 4.69) is 10.1 Å². The quantitative estimate of drug-likeness (QED) is 0.371. The fraction of sp³-hybridized carbons (Fsp3) is 0.238. The van der Waals surface area contributed by atoms with Crippen molar-refractivity contribution < 1.29 is 9.72 Å². The number of aryl methyl sites for hydroxylation is 1. The number of aliphatic imine (C=N–C) groups is 1. The van der Waals surface area contributed by atoms with Gasteiger partial charge in [-0.1, -0.05) is 18.5 Å². The summed E-state index contributed by atoms with van der Waals surface area (Å²) in [5.41, 5.74) is 2.80. The maximum atomic E-state index is 12.7. The minimum Gasteiger partial charge on any atom is -0.318 e. The zero-order valence-electron chi connectivity index (χ0n) is 17.5. The number of carbonyl (C=O) groups is 1. The van der Waals surface area contributed by atoms with Gasteiger partial charge in [-0.05, 0) is 68.3 Å². The Hall–Kier alpha value is -3.24. The number of hydrazone groups is 1. The Morgan fingerprint density at radius 1 is 1.31 bits per heavy atom. The highest BCUT2D eigenvalue weighted by Crippen LogP contribution is 2.32. The first-order chi connectivity index (χ1) is 15.2. The molecule has 1 N–H and O–H groups in total. The van der Waals surface area contributed by atoms with Gasteiger partial charge in [0, 0.05) is 17.5 Å². The van der Waals surface area contributed by atoms with Crippen molar-refractivity contribution in [2.24, 2.45) is 10.1 Å². The van der Waals surface area contributed by atoms with Crippen LogP contribution in [0, 0.1) is 29.4 Å². The van der Waals surface area contributed by atoms with Crippen LogP contribution in [0.2, 0.25) is 5.02 Å². The number of rotatable bonds is 5. The third-order valence-electron chi connectivity index (χ3n) is 5.11. The van der Waals surface area contributed by atoms with Crippen molar-refractivity contribution in [2.45, 2.75) is 33.6 Å². The number of thioether (sulfide) groups is 1. The fourth-order valence-corrected chi connectivity index (χ4v) is 4.79. The van der Waals surface area contributed by atoms with Gasteiger partial charge in [0.15, 0.2) is 5.84 Å². The van der Waals surface area contributed by atoms with Crippen LogP contribution in [0.15, 0.2) is 39.9 Å². The van der Waals surface area contributed by atoms with E-state index in [1.807, 2.05) is 31.4 Å². The van der Waals surface area contributed by atoms with Crippen LogP contribution in [0.25, 0.3) is 11.8 Å². The van der Waals surface area contributed by atoms with E-state index in [-0.39, 0.29) is 22.1 Å². The lowest BCUT2D eigenvalue weighted by Crippen LogP contribution is -2.35. The standard InChI is InChI=1S/C21H19ClN6O3S/c1-4-5-18-25-27-19(23)15(20(29)24-21(27)32-18)9-13-8-11(2)26(12(13)3)14-6-7-16(22)17(10-14)28(30)31/h6-10,23H,4-5H2,1-3H3/b15-9+,23-19?. The van der Waals surface area contributed by atoms with Crippen molar-refractivity contribution in [3.63, 3.8) is 0 Å². The average molecular weight is 471 g/mol. The highest BCUT2D eigenvalue weighted by Gasteiger charge is 2.35. The molecule has 0 bridgehead atoms. The van der Waals surface area contributed by atoms with Gasteiger partial charge in [-0.2, -0.15) is 15.1 Å². The molecule has 2 aliphatic heterocycles. The number of hydrogen-bond acceptors (Lipinski definition) is 6. The number of nitro groups is 1. The largest absolute Gasteiger partial charge is 0.318 e. The van der Waals surface area contributed by atoms with E-state index < -0.39 is 10.8 Å². The van der Waals surface area contributed by atoms with Crippen molar-refractivity contribution >= 4 is 57.1 Å². The van der Waals surface area contributed by atoms with Crippen LogP contribution in [0.1, 0.15) is 36.7 Å². The van der Waals surface area contributed by atoms with Gasteiger partial charge >= 0.3 is 0 Å². The van der Waals surface area contributed by atoms with Crippen molar-refractivity contribution in [2.75, 3.05) is 0 Å². The molecule has 0 saturated carbocycles. The Labute approximate surface area is 193 Å². The monoisotopic (exact) mass is 470 g/mol. The molecule has 0 spiro atoms. The van der Waals surface area contributed by atoms with Crippen LogP contribution >= 0.6 is 23.4 Å². The SMILES string of the molecule is CCCC1=NN2C(=N)/C(=C\c3cc(C)n(-c4ccc(Cl)c([N+](=O)[O-])c4)c3C)C(=O)N=C2S1. The summed E-state index contributed by atoms with van der Waals surface area (Å²) >= 11 is 7.26. The number of halogens is 1. The first-order valence-electron chi connectivity index (χ1n) is 9.83. The summed E-state index contributed by atoms with van der Waals surface area (Å²) in [4.78, 5) is 27.5. The topological polar surface area (TPSA) is 117 Å². The molecule has 164 valence electrons. The van der Waals surface area contributed by atoms with E-state index in [1.54, 1.807) is 12.1 Å². The number of fused-ring (bicyclic) bond motifs is 1. The molecule has 0 radical (unpaired) electrons. The summed E-state index contributed by atoms with van der Waals surface area (Å²) in [6, 6.07) is 6.45. The van der Waals surface area contributed by atoms with Gasteiger partial charge in [-0.3, -0.25) is 20.3 Å². The molecule has 2 aliphatic rings. The molecule has 11 heteroatoms. The van der Waals surface area contributed by atoms with Crippen LogP contribution in [0.5, 0.6) is 0 Å². The van der Waals surface area contributed by atoms with E-state index in [1.165, 1.54) is 28.9 Å². The lowest BCUT2D eigenvalue weighted by Gasteiger charge is -2.20. The van der Waals surface area contributed by atoms with Crippen LogP contribution in [-0.2, 0) is 4.79 Å². The predicted octanol–water partition coefficient (Wildman–Crippen LogP) is 5.08.